The summed E-state index contributed by atoms with van der Waals surface area (Å²) in [5.41, 5.74) is 3.09. The Kier molecular flexibility index (Phi) is 4.33. The number of benzene rings is 1. The van der Waals surface area contributed by atoms with Crippen LogP contribution in [-0.4, -0.2) is 50.9 Å². The molecular formula is C22H25N3O4. The highest BCUT2D eigenvalue weighted by Crippen LogP contribution is 2.57. The summed E-state index contributed by atoms with van der Waals surface area (Å²) < 4.78 is 7.76. The maximum atomic E-state index is 12.8. The molecule has 1 saturated carbocycles. The number of ether oxygens (including phenoxy) is 1. The minimum absolute atomic E-state index is 0.00199. The number of amides is 1. The number of hydrogen-bond donors (Lipinski definition) is 1. The Morgan fingerprint density at radius 3 is 2.72 bits per heavy atom. The third-order valence-corrected chi connectivity index (χ3v) is 6.52. The van der Waals surface area contributed by atoms with Crippen molar-refractivity contribution in [2.45, 2.75) is 51.2 Å². The molecule has 2 aromatic rings. The lowest BCUT2D eigenvalue weighted by Crippen LogP contribution is -2.43. The average molecular weight is 395 g/mol. The molecule has 1 aliphatic heterocycles. The summed E-state index contributed by atoms with van der Waals surface area (Å²) in [4.78, 5) is 26.2. The number of para-hydroxylation sites is 1. The van der Waals surface area contributed by atoms with Crippen LogP contribution < -0.4 is 4.74 Å². The lowest BCUT2D eigenvalue weighted by molar-refractivity contribution is -0.133. The molecule has 7 nitrogen and oxygen atoms in total. The summed E-state index contributed by atoms with van der Waals surface area (Å²) in [6.45, 7) is 3.45. The quantitative estimate of drug-likeness (QED) is 0.841. The Balaban J connectivity index is 1.21. The first kappa shape index (κ1) is 18.2. The van der Waals surface area contributed by atoms with E-state index in [1.807, 2.05) is 36.1 Å². The molecule has 7 heteroatoms. The fraction of sp³-hybridized carbons (Fsp3) is 0.500. The van der Waals surface area contributed by atoms with Gasteiger partial charge in [-0.3, -0.25) is 9.48 Å². The van der Waals surface area contributed by atoms with Crippen LogP contribution in [-0.2, 0) is 17.8 Å². The first-order valence-electron chi connectivity index (χ1n) is 10.3. The van der Waals surface area contributed by atoms with Crippen molar-refractivity contribution in [3.05, 3.63) is 46.8 Å². The molecule has 2 fully saturated rings. The Hall–Kier alpha value is -2.83. The van der Waals surface area contributed by atoms with Crippen LogP contribution >= 0.6 is 0 Å². The van der Waals surface area contributed by atoms with E-state index in [0.717, 1.165) is 48.3 Å². The summed E-state index contributed by atoms with van der Waals surface area (Å²) in [6.07, 6.45) is 3.60. The van der Waals surface area contributed by atoms with E-state index in [4.69, 9.17) is 4.74 Å². The van der Waals surface area contributed by atoms with Gasteiger partial charge in [-0.15, -0.1) is 0 Å². The third-order valence-electron chi connectivity index (χ3n) is 6.52. The molecule has 5 rings (SSSR count). The van der Waals surface area contributed by atoms with Gasteiger partial charge in [0.05, 0.1) is 0 Å². The molecular weight excluding hydrogens is 370 g/mol. The molecule has 152 valence electrons. The van der Waals surface area contributed by atoms with E-state index in [1.54, 1.807) is 4.68 Å². The molecule has 3 aliphatic rings. The van der Waals surface area contributed by atoms with Crippen molar-refractivity contribution in [2.75, 3.05) is 13.1 Å². The number of carboxylic acids is 1. The second-order valence-electron chi connectivity index (χ2n) is 8.44. The normalized spacial score (nSPS) is 22.9. The van der Waals surface area contributed by atoms with Crippen LogP contribution in [0.25, 0.3) is 0 Å². The van der Waals surface area contributed by atoms with Crippen molar-refractivity contribution >= 4 is 11.9 Å². The number of carbonyl (C=O) groups excluding carboxylic acids is 1. The van der Waals surface area contributed by atoms with Gasteiger partial charge in [0.15, 0.2) is 5.69 Å². The van der Waals surface area contributed by atoms with E-state index in [2.05, 4.69) is 5.10 Å². The molecule has 1 amide bonds. The first-order chi connectivity index (χ1) is 14.0. The van der Waals surface area contributed by atoms with Gasteiger partial charge in [0.1, 0.15) is 18.4 Å². The summed E-state index contributed by atoms with van der Waals surface area (Å²) in [5.74, 6) is 0.812. The van der Waals surface area contributed by atoms with Gasteiger partial charge >= 0.3 is 5.97 Å². The van der Waals surface area contributed by atoms with Crippen LogP contribution in [0.4, 0.5) is 0 Å². The number of rotatable bonds is 5. The van der Waals surface area contributed by atoms with E-state index in [-0.39, 0.29) is 24.2 Å². The molecule has 0 spiro atoms. The van der Waals surface area contributed by atoms with Crippen molar-refractivity contribution in [1.82, 2.24) is 14.7 Å². The van der Waals surface area contributed by atoms with Crippen molar-refractivity contribution < 1.29 is 19.4 Å². The highest BCUT2D eigenvalue weighted by Gasteiger charge is 2.50. The maximum Gasteiger partial charge on any atom is 0.356 e. The Bertz CT molecular complexity index is 974. The van der Waals surface area contributed by atoms with Crippen molar-refractivity contribution in [3.63, 3.8) is 0 Å². The van der Waals surface area contributed by atoms with Gasteiger partial charge in [-0.1, -0.05) is 18.2 Å². The number of aryl methyl sites for hydroxylation is 1. The second kappa shape index (κ2) is 6.90. The molecule has 0 bridgehead atoms. The Labute approximate surface area is 169 Å². The maximum absolute atomic E-state index is 12.8. The smallest absolute Gasteiger partial charge is 0.356 e. The first-order valence-corrected chi connectivity index (χ1v) is 10.3. The van der Waals surface area contributed by atoms with Crippen LogP contribution in [0, 0.1) is 12.8 Å². The van der Waals surface area contributed by atoms with Crippen LogP contribution in [0.15, 0.2) is 24.3 Å². The molecule has 1 aromatic carbocycles. The standard InChI is InChI=1S/C22H25N3O4/c1-13-4-2-3-5-18(13)29-15-6-8-24(9-7-15)19(26)12-25-17-11-14-10-16(14)20(17)21(23-25)22(27)28/h2-5,14-16H,6-12H2,1H3,(H,27,28). The number of carboxylic acid groups (broad SMARTS) is 1. The molecule has 1 N–H and O–H groups in total. The summed E-state index contributed by atoms with van der Waals surface area (Å²) >= 11 is 0. The topological polar surface area (TPSA) is 84.7 Å². The number of fused-ring (bicyclic) bond motifs is 3. The van der Waals surface area contributed by atoms with Crippen molar-refractivity contribution in [2.24, 2.45) is 5.92 Å². The lowest BCUT2D eigenvalue weighted by atomic mass is 10.1. The number of nitrogens with zero attached hydrogens (tertiary/aromatic N) is 3. The van der Waals surface area contributed by atoms with Crippen molar-refractivity contribution in [1.29, 1.82) is 0 Å². The van der Waals surface area contributed by atoms with Gasteiger partial charge in [-0.25, -0.2) is 4.79 Å². The number of carbonyl (C=O) groups is 2. The number of piperidine rings is 1. The van der Waals surface area contributed by atoms with E-state index in [0.29, 0.717) is 24.9 Å². The van der Waals surface area contributed by atoms with Gasteiger partial charge in [-0.05, 0) is 43.2 Å². The molecule has 2 heterocycles. The molecule has 1 saturated heterocycles. The largest absolute Gasteiger partial charge is 0.490 e. The Morgan fingerprint density at radius 1 is 1.24 bits per heavy atom. The monoisotopic (exact) mass is 395 g/mol. The van der Waals surface area contributed by atoms with E-state index >= 15 is 0 Å². The van der Waals surface area contributed by atoms with E-state index < -0.39 is 5.97 Å². The predicted molar refractivity (Wildman–Crippen MR) is 105 cm³/mol. The summed E-state index contributed by atoms with van der Waals surface area (Å²) in [5, 5.41) is 13.7. The number of hydrogen-bond acceptors (Lipinski definition) is 4. The van der Waals surface area contributed by atoms with Gasteiger partial charge in [0.2, 0.25) is 5.91 Å². The van der Waals surface area contributed by atoms with Crippen molar-refractivity contribution in [3.8, 4) is 5.75 Å². The number of aromatic nitrogens is 2. The third kappa shape index (κ3) is 3.28. The SMILES string of the molecule is Cc1ccccc1OC1CCN(C(=O)Cn2nc(C(=O)O)c3c2CC2CC32)CC1. The summed E-state index contributed by atoms with van der Waals surface area (Å²) in [6, 6.07) is 7.98. The predicted octanol–water partition coefficient (Wildman–Crippen LogP) is 2.62. The minimum atomic E-state index is -0.992. The van der Waals surface area contributed by atoms with Crippen LogP contribution in [0.1, 0.15) is 52.5 Å². The molecule has 2 atom stereocenters. The number of aromatic carboxylic acids is 1. The molecule has 1 aromatic heterocycles. The molecule has 0 radical (unpaired) electrons. The minimum Gasteiger partial charge on any atom is -0.490 e. The highest BCUT2D eigenvalue weighted by molar-refractivity contribution is 5.88. The molecule has 2 unspecified atom stereocenters. The fourth-order valence-electron chi connectivity index (χ4n) is 4.80. The zero-order chi connectivity index (χ0) is 20.1. The zero-order valence-corrected chi connectivity index (χ0v) is 16.5. The average Bonchev–Trinajstić information content (AvgIpc) is 3.23. The number of likely N-dealkylation sites (tertiary alicyclic amines) is 1. The second-order valence-corrected chi connectivity index (χ2v) is 8.44. The van der Waals surface area contributed by atoms with E-state index in [9.17, 15) is 14.7 Å². The summed E-state index contributed by atoms with van der Waals surface area (Å²) in [7, 11) is 0. The molecule has 29 heavy (non-hydrogen) atoms. The van der Waals surface area contributed by atoms with Gasteiger partial charge in [-0.2, -0.15) is 5.10 Å². The lowest BCUT2D eigenvalue weighted by Gasteiger charge is -2.32. The fourth-order valence-corrected chi connectivity index (χ4v) is 4.80. The van der Waals surface area contributed by atoms with Crippen LogP contribution in [0.2, 0.25) is 0 Å². The van der Waals surface area contributed by atoms with Gasteiger partial charge in [0, 0.05) is 37.2 Å². The van der Waals surface area contributed by atoms with Crippen LogP contribution in [0.3, 0.4) is 0 Å². The zero-order valence-electron chi connectivity index (χ0n) is 16.5. The van der Waals surface area contributed by atoms with Gasteiger partial charge < -0.3 is 14.7 Å². The highest BCUT2D eigenvalue weighted by atomic mass is 16.5. The Morgan fingerprint density at radius 2 is 2.00 bits per heavy atom. The molecule has 2 aliphatic carbocycles. The van der Waals surface area contributed by atoms with E-state index in [1.165, 1.54) is 0 Å². The van der Waals surface area contributed by atoms with Gasteiger partial charge in [0.25, 0.3) is 0 Å². The van der Waals surface area contributed by atoms with Crippen LogP contribution in [0.5, 0.6) is 5.75 Å².